The molecule has 2 nitrogen and oxygen atoms in total. The number of fused-ring (bicyclic) bond motifs is 1. The predicted octanol–water partition coefficient (Wildman–Crippen LogP) is 3.73. The summed E-state index contributed by atoms with van der Waals surface area (Å²) < 4.78 is 39.0. The van der Waals surface area contributed by atoms with E-state index in [1.165, 1.54) is 6.08 Å². The summed E-state index contributed by atoms with van der Waals surface area (Å²) in [6, 6.07) is 7.07. The number of allylic oxidation sites excluding steroid dienone is 3. The van der Waals surface area contributed by atoms with Crippen molar-refractivity contribution in [1.29, 1.82) is 0 Å². The lowest BCUT2D eigenvalue weighted by molar-refractivity contribution is -0.169. The molecule has 1 aromatic rings. The maximum Gasteiger partial charge on any atom is 0.403 e. The lowest BCUT2D eigenvalue weighted by atomic mass is 9.96. The third-order valence-corrected chi connectivity index (χ3v) is 4.18. The molecule has 6 heteroatoms. The number of hydrogen-bond acceptors (Lipinski definition) is 3. The van der Waals surface area contributed by atoms with Crippen LogP contribution in [-0.2, 0) is 4.79 Å². The Hall–Kier alpha value is -1.69. The number of carbonyl (C=O) groups excluding carboxylic acids is 1. The van der Waals surface area contributed by atoms with E-state index in [4.69, 9.17) is 0 Å². The van der Waals surface area contributed by atoms with E-state index in [9.17, 15) is 18.0 Å². The van der Waals surface area contributed by atoms with Crippen LogP contribution in [0.25, 0.3) is 0 Å². The molecular weight excluding hydrogens is 275 g/mol. The molecule has 1 aliphatic heterocycles. The number of rotatable bonds is 0. The lowest BCUT2D eigenvalue weighted by Gasteiger charge is -2.30. The molecular formula is C13H8F3NOS. The highest BCUT2D eigenvalue weighted by molar-refractivity contribution is 8.03. The van der Waals surface area contributed by atoms with Gasteiger partial charge in [-0.3, -0.25) is 4.79 Å². The van der Waals surface area contributed by atoms with Gasteiger partial charge in [0.2, 0.25) is 0 Å². The first-order valence-electron chi connectivity index (χ1n) is 5.53. The van der Waals surface area contributed by atoms with Gasteiger partial charge in [-0.15, -0.1) is 0 Å². The maximum absolute atomic E-state index is 13.0. The van der Waals surface area contributed by atoms with Gasteiger partial charge in [-0.2, -0.15) is 13.2 Å². The van der Waals surface area contributed by atoms with Crippen molar-refractivity contribution in [1.82, 2.24) is 0 Å². The van der Waals surface area contributed by atoms with Crippen molar-refractivity contribution in [2.75, 3.05) is 5.32 Å². The molecule has 1 unspecified atom stereocenters. The van der Waals surface area contributed by atoms with Crippen LogP contribution >= 0.6 is 11.8 Å². The fourth-order valence-electron chi connectivity index (χ4n) is 2.08. The molecule has 0 aromatic heterocycles. The Balaban J connectivity index is 2.07. The number of nitrogens with one attached hydrogen (secondary N) is 1. The maximum atomic E-state index is 13.0. The smallest absolute Gasteiger partial charge is 0.354 e. The summed E-state index contributed by atoms with van der Waals surface area (Å²) in [7, 11) is 0. The summed E-state index contributed by atoms with van der Waals surface area (Å²) in [6.45, 7) is 0. The van der Waals surface area contributed by atoms with Crippen molar-refractivity contribution < 1.29 is 18.0 Å². The Morgan fingerprint density at radius 2 is 1.89 bits per heavy atom. The summed E-state index contributed by atoms with van der Waals surface area (Å²) in [5.41, 5.74) is 1.11. The third-order valence-electron chi connectivity index (χ3n) is 2.93. The van der Waals surface area contributed by atoms with Crippen molar-refractivity contribution in [3.05, 3.63) is 47.0 Å². The van der Waals surface area contributed by atoms with Gasteiger partial charge in [0, 0.05) is 15.5 Å². The minimum absolute atomic E-state index is 0.0266. The monoisotopic (exact) mass is 283 g/mol. The van der Waals surface area contributed by atoms with Crippen LogP contribution in [-0.4, -0.2) is 12.0 Å². The van der Waals surface area contributed by atoms with Crippen LogP contribution in [0.5, 0.6) is 0 Å². The molecule has 0 radical (unpaired) electrons. The third kappa shape index (κ3) is 2.06. The zero-order valence-electron chi connectivity index (χ0n) is 9.49. The zero-order valence-corrected chi connectivity index (χ0v) is 10.3. The molecule has 1 aromatic carbocycles. The molecule has 1 N–H and O–H groups in total. The molecule has 1 aliphatic carbocycles. The number of anilines is 1. The van der Waals surface area contributed by atoms with Crippen LogP contribution in [0.15, 0.2) is 51.9 Å². The second kappa shape index (κ2) is 4.16. The van der Waals surface area contributed by atoms with E-state index in [1.807, 2.05) is 0 Å². The molecule has 2 aliphatic rings. The van der Waals surface area contributed by atoms with Crippen molar-refractivity contribution in [3.63, 3.8) is 0 Å². The van der Waals surface area contributed by atoms with Crippen LogP contribution in [0.4, 0.5) is 18.9 Å². The molecule has 3 rings (SSSR count). The quantitative estimate of drug-likeness (QED) is 0.786. The Kier molecular flexibility index (Phi) is 2.70. The molecule has 0 bridgehead atoms. The molecule has 0 saturated carbocycles. The zero-order chi connectivity index (χ0) is 13.6. The Labute approximate surface area is 111 Å². The highest BCUT2D eigenvalue weighted by Crippen LogP contribution is 2.49. The van der Waals surface area contributed by atoms with E-state index in [0.29, 0.717) is 10.6 Å². The van der Waals surface area contributed by atoms with Gasteiger partial charge in [-0.25, -0.2) is 0 Å². The first kappa shape index (κ1) is 12.3. The van der Waals surface area contributed by atoms with Gasteiger partial charge in [-0.05, 0) is 24.3 Å². The average Bonchev–Trinajstić information content (AvgIpc) is 2.34. The van der Waals surface area contributed by atoms with Crippen molar-refractivity contribution >= 4 is 23.2 Å². The summed E-state index contributed by atoms with van der Waals surface area (Å²) in [4.78, 5) is 12.2. The average molecular weight is 283 g/mol. The first-order valence-corrected chi connectivity index (χ1v) is 6.35. The number of halogens is 3. The van der Waals surface area contributed by atoms with Gasteiger partial charge in [0.05, 0.1) is 5.69 Å². The number of para-hydroxylation sites is 1. The number of benzene rings is 1. The van der Waals surface area contributed by atoms with Crippen molar-refractivity contribution in [2.45, 2.75) is 11.1 Å². The first-order chi connectivity index (χ1) is 8.97. The number of ketones is 1. The predicted molar refractivity (Wildman–Crippen MR) is 66.6 cm³/mol. The van der Waals surface area contributed by atoms with Gasteiger partial charge in [0.1, 0.15) is 0 Å². The fraction of sp³-hybridized carbons (Fsp3) is 0.154. The molecule has 1 atom stereocenters. The van der Waals surface area contributed by atoms with E-state index >= 15 is 0 Å². The van der Waals surface area contributed by atoms with Crippen molar-refractivity contribution in [3.8, 4) is 0 Å². The van der Waals surface area contributed by atoms with Crippen LogP contribution in [0.1, 0.15) is 0 Å². The number of hydrogen-bond donors (Lipinski definition) is 1. The summed E-state index contributed by atoms with van der Waals surface area (Å²) in [5, 5.41) is 2.94. The van der Waals surface area contributed by atoms with Crippen LogP contribution < -0.4 is 5.32 Å². The van der Waals surface area contributed by atoms with Crippen LogP contribution in [0.3, 0.4) is 0 Å². The Morgan fingerprint density at radius 1 is 1.16 bits per heavy atom. The number of thioether (sulfide) groups is 1. The van der Waals surface area contributed by atoms with Crippen molar-refractivity contribution in [2.24, 2.45) is 5.92 Å². The second-order valence-electron chi connectivity index (χ2n) is 4.21. The fourth-order valence-corrected chi connectivity index (χ4v) is 3.29. The Bertz CT molecular complexity index is 619. The molecule has 0 spiro atoms. The van der Waals surface area contributed by atoms with E-state index < -0.39 is 17.9 Å². The van der Waals surface area contributed by atoms with Gasteiger partial charge in [-0.1, -0.05) is 23.9 Å². The molecule has 0 saturated heterocycles. The lowest BCUT2D eigenvalue weighted by Crippen LogP contribution is -2.34. The Morgan fingerprint density at radius 3 is 2.63 bits per heavy atom. The van der Waals surface area contributed by atoms with Gasteiger partial charge in [0.25, 0.3) is 0 Å². The van der Waals surface area contributed by atoms with Crippen LogP contribution in [0, 0.1) is 5.92 Å². The molecule has 0 fully saturated rings. The standard InChI is InChI=1S/C13H8F3NOS/c14-13(15,16)11-9(18)6-5-8-12(11)19-10-4-2-1-3-7(10)17-8/h1-6,11,17H. The highest BCUT2D eigenvalue weighted by Gasteiger charge is 2.49. The topological polar surface area (TPSA) is 29.1 Å². The number of alkyl halides is 3. The second-order valence-corrected chi connectivity index (χ2v) is 5.30. The SMILES string of the molecule is O=C1C=CC2=C(Sc3ccccc3N2)C1C(F)(F)F. The minimum atomic E-state index is -4.57. The van der Waals surface area contributed by atoms with E-state index in [1.54, 1.807) is 24.3 Å². The van der Waals surface area contributed by atoms with E-state index in [0.717, 1.165) is 23.5 Å². The molecule has 19 heavy (non-hydrogen) atoms. The van der Waals surface area contributed by atoms with Crippen LogP contribution in [0.2, 0.25) is 0 Å². The molecule has 1 heterocycles. The highest BCUT2D eigenvalue weighted by atomic mass is 32.2. The largest absolute Gasteiger partial charge is 0.403 e. The van der Waals surface area contributed by atoms with E-state index in [2.05, 4.69) is 5.32 Å². The summed E-state index contributed by atoms with van der Waals surface area (Å²) >= 11 is 1.00. The van der Waals surface area contributed by atoms with E-state index in [-0.39, 0.29) is 4.91 Å². The summed E-state index contributed by atoms with van der Waals surface area (Å²) in [6.07, 6.45) is -2.18. The summed E-state index contributed by atoms with van der Waals surface area (Å²) in [5.74, 6) is -2.97. The van der Waals surface area contributed by atoms with Gasteiger partial charge in [0.15, 0.2) is 11.7 Å². The van der Waals surface area contributed by atoms with Gasteiger partial charge < -0.3 is 5.32 Å². The normalized spacial score (nSPS) is 21.8. The van der Waals surface area contributed by atoms with Gasteiger partial charge >= 0.3 is 6.18 Å². The minimum Gasteiger partial charge on any atom is -0.354 e. The molecule has 98 valence electrons. The molecule has 0 amide bonds. The number of carbonyl (C=O) groups is 1.